The molecule has 0 bridgehead atoms. The number of carbonyl (C=O) groups is 2. The maximum Gasteiger partial charge on any atom is 0.331 e. The number of aliphatic hydroxyl groups is 1. The summed E-state index contributed by atoms with van der Waals surface area (Å²) in [6.07, 6.45) is 12.8. The molecule has 2 aliphatic rings. The minimum absolute atomic E-state index is 0.0823. The van der Waals surface area contributed by atoms with Crippen LogP contribution < -0.4 is 0 Å². The average Bonchev–Trinajstić information content (AvgIpc) is 3.13. The summed E-state index contributed by atoms with van der Waals surface area (Å²) in [7, 11) is 0. The zero-order valence-corrected chi connectivity index (χ0v) is 19.2. The van der Waals surface area contributed by atoms with E-state index in [0.717, 1.165) is 29.3 Å². The number of allylic oxidation sites excluding steroid dienone is 2. The van der Waals surface area contributed by atoms with E-state index in [1.54, 1.807) is 6.08 Å². The van der Waals surface area contributed by atoms with Crippen LogP contribution in [0.15, 0.2) is 59.1 Å². The van der Waals surface area contributed by atoms with Crippen molar-refractivity contribution in [1.82, 2.24) is 0 Å². The first-order valence-corrected chi connectivity index (χ1v) is 11.6. The third-order valence-electron chi connectivity index (χ3n) is 5.76. The smallest absolute Gasteiger partial charge is 0.331 e. The first kappa shape index (κ1) is 23.5. The lowest BCUT2D eigenvalue weighted by Gasteiger charge is -2.19. The average molecular weight is 489 g/mol. The molecule has 0 aromatic heterocycles. The molecule has 1 fully saturated rings. The molecule has 0 radical (unpaired) electrons. The number of cyclic esters (lactones) is 1. The van der Waals surface area contributed by atoms with Gasteiger partial charge in [0, 0.05) is 16.6 Å². The molecule has 166 valence electrons. The molecule has 1 heterocycles. The number of fused-ring (bicyclic) bond motifs is 1. The molecule has 0 unspecified atom stereocenters. The van der Waals surface area contributed by atoms with Gasteiger partial charge in [-0.3, -0.25) is 0 Å². The highest BCUT2D eigenvalue weighted by molar-refractivity contribution is 9.10. The topological polar surface area (TPSA) is 72.8 Å². The van der Waals surface area contributed by atoms with Crippen LogP contribution in [0.2, 0.25) is 0 Å². The third-order valence-corrected chi connectivity index (χ3v) is 6.48. The Bertz CT molecular complexity index is 859. The molecule has 5 nitrogen and oxygen atoms in total. The van der Waals surface area contributed by atoms with Crippen molar-refractivity contribution in [2.75, 3.05) is 0 Å². The second kappa shape index (κ2) is 11.4. The van der Waals surface area contributed by atoms with Gasteiger partial charge in [0.15, 0.2) is 0 Å². The van der Waals surface area contributed by atoms with Gasteiger partial charge < -0.3 is 14.6 Å². The maximum atomic E-state index is 12.3. The molecule has 1 aliphatic heterocycles. The van der Waals surface area contributed by atoms with Gasteiger partial charge in [0.05, 0.1) is 12.2 Å². The molecule has 0 saturated heterocycles. The lowest BCUT2D eigenvalue weighted by atomic mass is 9.90. The lowest BCUT2D eigenvalue weighted by Crippen LogP contribution is -2.22. The molecule has 1 aromatic rings. The molecule has 0 spiro atoms. The summed E-state index contributed by atoms with van der Waals surface area (Å²) < 4.78 is 11.9. The van der Waals surface area contributed by atoms with Gasteiger partial charge in [0.1, 0.15) is 6.10 Å². The SMILES string of the molecule is C[C@H]1CCC/C=C/[C@@H]2C[C@H](OC(=O)/C=C/c3ccccc3Br)C[C@H]2[C@H](O)C=CC(=O)O1. The first-order valence-electron chi connectivity index (χ1n) is 10.8. The molecular formula is C25H29BrO5. The summed E-state index contributed by atoms with van der Waals surface area (Å²) in [5.74, 6) is -0.878. The van der Waals surface area contributed by atoms with Crippen molar-refractivity contribution in [2.24, 2.45) is 11.8 Å². The van der Waals surface area contributed by atoms with Crippen molar-refractivity contribution in [1.29, 1.82) is 0 Å². The van der Waals surface area contributed by atoms with Crippen molar-refractivity contribution in [3.05, 3.63) is 64.7 Å². The molecule has 1 aliphatic carbocycles. The normalized spacial score (nSPS) is 30.5. The highest BCUT2D eigenvalue weighted by Gasteiger charge is 2.38. The molecule has 1 aromatic carbocycles. The standard InChI is InChI=1S/C25H29BrO5/c1-17-7-3-2-4-9-19-15-20(16-21(19)23(27)12-14-24(28)30-17)31-25(29)13-11-18-8-5-6-10-22(18)26/h4-6,8-14,17,19-21,23,27H,2-3,7,15-16H2,1H3/b9-4+,13-11+,14-12?/t17-,19+,20-,21+,23+/m0/s1. The number of ether oxygens (including phenoxy) is 2. The van der Waals surface area contributed by atoms with E-state index in [1.165, 1.54) is 18.2 Å². The van der Waals surface area contributed by atoms with Crippen LogP contribution in [0.25, 0.3) is 6.08 Å². The van der Waals surface area contributed by atoms with E-state index >= 15 is 0 Å². The predicted molar refractivity (Wildman–Crippen MR) is 123 cm³/mol. The highest BCUT2D eigenvalue weighted by Crippen LogP contribution is 2.38. The Morgan fingerprint density at radius 1 is 1.26 bits per heavy atom. The van der Waals surface area contributed by atoms with Crippen LogP contribution in [-0.4, -0.2) is 35.4 Å². The van der Waals surface area contributed by atoms with Gasteiger partial charge in [-0.1, -0.05) is 46.3 Å². The van der Waals surface area contributed by atoms with Gasteiger partial charge >= 0.3 is 11.9 Å². The Morgan fingerprint density at radius 2 is 2.06 bits per heavy atom. The van der Waals surface area contributed by atoms with Crippen molar-refractivity contribution in [3.63, 3.8) is 0 Å². The van der Waals surface area contributed by atoms with Crippen LogP contribution in [0.1, 0.15) is 44.6 Å². The molecule has 6 heteroatoms. The summed E-state index contributed by atoms with van der Waals surface area (Å²) in [6.45, 7) is 1.88. The van der Waals surface area contributed by atoms with Crippen LogP contribution in [0.5, 0.6) is 0 Å². The van der Waals surface area contributed by atoms with Crippen molar-refractivity contribution < 1.29 is 24.2 Å². The molecule has 1 saturated carbocycles. The number of hydrogen-bond acceptors (Lipinski definition) is 5. The van der Waals surface area contributed by atoms with E-state index in [-0.39, 0.29) is 24.0 Å². The Balaban J connectivity index is 1.64. The second-order valence-corrected chi connectivity index (χ2v) is 9.02. The van der Waals surface area contributed by atoms with Gasteiger partial charge in [0.25, 0.3) is 0 Å². The summed E-state index contributed by atoms with van der Waals surface area (Å²) in [6, 6.07) is 7.63. The Kier molecular flexibility index (Phi) is 8.67. The van der Waals surface area contributed by atoms with E-state index in [2.05, 4.69) is 28.1 Å². The number of aliphatic hydroxyl groups excluding tert-OH is 1. The number of halogens is 1. The van der Waals surface area contributed by atoms with E-state index in [1.807, 2.05) is 31.2 Å². The highest BCUT2D eigenvalue weighted by atomic mass is 79.9. The quantitative estimate of drug-likeness (QED) is 0.368. The first-order chi connectivity index (χ1) is 14.9. The third kappa shape index (κ3) is 7.18. The predicted octanol–water partition coefficient (Wildman–Crippen LogP) is 4.99. The van der Waals surface area contributed by atoms with Gasteiger partial charge in [-0.05, 0) is 74.6 Å². The number of carbonyl (C=O) groups excluding carboxylic acids is 2. The maximum absolute atomic E-state index is 12.3. The van der Waals surface area contributed by atoms with Crippen LogP contribution in [0, 0.1) is 11.8 Å². The van der Waals surface area contributed by atoms with Crippen LogP contribution in [-0.2, 0) is 19.1 Å². The van der Waals surface area contributed by atoms with Crippen LogP contribution in [0.3, 0.4) is 0 Å². The van der Waals surface area contributed by atoms with Gasteiger partial charge in [-0.2, -0.15) is 0 Å². The summed E-state index contributed by atoms with van der Waals surface area (Å²) in [5.41, 5.74) is 0.896. The monoisotopic (exact) mass is 488 g/mol. The van der Waals surface area contributed by atoms with E-state index in [0.29, 0.717) is 12.8 Å². The van der Waals surface area contributed by atoms with E-state index < -0.39 is 18.0 Å². The van der Waals surface area contributed by atoms with Gasteiger partial charge in [0.2, 0.25) is 0 Å². The lowest BCUT2D eigenvalue weighted by molar-refractivity contribution is -0.143. The van der Waals surface area contributed by atoms with Crippen molar-refractivity contribution in [3.8, 4) is 0 Å². The number of esters is 2. The fourth-order valence-corrected chi connectivity index (χ4v) is 4.56. The fourth-order valence-electron chi connectivity index (χ4n) is 4.15. The number of benzene rings is 1. The van der Waals surface area contributed by atoms with E-state index in [4.69, 9.17) is 9.47 Å². The zero-order valence-electron chi connectivity index (χ0n) is 17.7. The largest absolute Gasteiger partial charge is 0.460 e. The summed E-state index contributed by atoms with van der Waals surface area (Å²) >= 11 is 3.46. The minimum Gasteiger partial charge on any atom is -0.460 e. The molecule has 1 N–H and O–H groups in total. The Morgan fingerprint density at radius 3 is 2.87 bits per heavy atom. The Labute approximate surface area is 191 Å². The van der Waals surface area contributed by atoms with Crippen molar-refractivity contribution in [2.45, 2.75) is 57.3 Å². The number of rotatable bonds is 3. The minimum atomic E-state index is -0.808. The molecule has 5 atom stereocenters. The van der Waals surface area contributed by atoms with Gasteiger partial charge in [-0.15, -0.1) is 0 Å². The summed E-state index contributed by atoms with van der Waals surface area (Å²) in [4.78, 5) is 24.3. The number of hydrogen-bond donors (Lipinski definition) is 1. The molecular weight excluding hydrogens is 460 g/mol. The molecule has 3 rings (SSSR count). The zero-order chi connectivity index (χ0) is 22.2. The fraction of sp³-hybridized carbons (Fsp3) is 0.440. The second-order valence-electron chi connectivity index (χ2n) is 8.17. The van der Waals surface area contributed by atoms with E-state index in [9.17, 15) is 14.7 Å². The molecule has 31 heavy (non-hydrogen) atoms. The van der Waals surface area contributed by atoms with Crippen LogP contribution in [0.4, 0.5) is 0 Å². The van der Waals surface area contributed by atoms with Crippen LogP contribution >= 0.6 is 15.9 Å². The van der Waals surface area contributed by atoms with Crippen molar-refractivity contribution >= 4 is 33.9 Å². The Hall–Kier alpha value is -2.18. The van der Waals surface area contributed by atoms with Gasteiger partial charge in [-0.25, -0.2) is 9.59 Å². The summed E-state index contributed by atoms with van der Waals surface area (Å²) in [5, 5.41) is 10.7. The molecule has 0 amide bonds.